The lowest BCUT2D eigenvalue weighted by molar-refractivity contribution is 0.162. The first-order valence-corrected chi connectivity index (χ1v) is 6.62. The minimum Gasteiger partial charge on any atom is -0.462 e. The van der Waals surface area contributed by atoms with Crippen molar-refractivity contribution in [2.45, 2.75) is 26.0 Å². The smallest absolute Gasteiger partial charge is 0.129 e. The van der Waals surface area contributed by atoms with Crippen molar-refractivity contribution in [2.75, 3.05) is 14.2 Å². The van der Waals surface area contributed by atoms with E-state index in [9.17, 15) is 0 Å². The Morgan fingerprint density at radius 2 is 1.89 bits per heavy atom. The molecule has 0 aliphatic carbocycles. The zero-order valence-corrected chi connectivity index (χ0v) is 11.8. The third-order valence-electron chi connectivity index (χ3n) is 3.26. The van der Waals surface area contributed by atoms with Gasteiger partial charge in [0.25, 0.3) is 0 Å². The Bertz CT molecular complexity index is 502. The van der Waals surface area contributed by atoms with Crippen LogP contribution < -0.4 is 5.32 Å². The number of methoxy groups -OCH3 is 1. The van der Waals surface area contributed by atoms with Crippen molar-refractivity contribution >= 4 is 0 Å². The molecule has 2 aromatic rings. The fraction of sp³-hybridized carbons (Fsp3) is 0.375. The Hall–Kier alpha value is -1.58. The molecule has 2 rings (SSSR count). The van der Waals surface area contributed by atoms with Crippen molar-refractivity contribution < 1.29 is 9.15 Å². The van der Waals surface area contributed by atoms with Crippen LogP contribution in [0.5, 0.6) is 0 Å². The number of benzene rings is 1. The van der Waals surface area contributed by atoms with Crippen LogP contribution in [0.15, 0.2) is 40.8 Å². The topological polar surface area (TPSA) is 34.4 Å². The van der Waals surface area contributed by atoms with Gasteiger partial charge in [-0.2, -0.15) is 0 Å². The van der Waals surface area contributed by atoms with Crippen LogP contribution >= 0.6 is 0 Å². The van der Waals surface area contributed by atoms with Crippen molar-refractivity contribution in [2.24, 2.45) is 0 Å². The van der Waals surface area contributed by atoms with E-state index in [1.54, 1.807) is 7.11 Å². The van der Waals surface area contributed by atoms with Gasteiger partial charge in [-0.15, -0.1) is 0 Å². The molecule has 3 nitrogen and oxygen atoms in total. The van der Waals surface area contributed by atoms with Crippen LogP contribution in [-0.2, 0) is 17.8 Å². The summed E-state index contributed by atoms with van der Waals surface area (Å²) in [6.45, 7) is 2.67. The first-order valence-electron chi connectivity index (χ1n) is 6.62. The number of ether oxygens (including phenoxy) is 1. The number of aryl methyl sites for hydroxylation is 1. The number of hydrogen-bond acceptors (Lipinski definition) is 3. The van der Waals surface area contributed by atoms with E-state index < -0.39 is 0 Å². The Morgan fingerprint density at radius 3 is 2.47 bits per heavy atom. The third kappa shape index (κ3) is 3.25. The Labute approximate surface area is 114 Å². The second kappa shape index (κ2) is 6.55. The lowest BCUT2D eigenvalue weighted by atomic mass is 10.0. The van der Waals surface area contributed by atoms with Gasteiger partial charge in [0.15, 0.2) is 0 Å². The summed E-state index contributed by atoms with van der Waals surface area (Å²) in [7, 11) is 3.61. The fourth-order valence-electron chi connectivity index (χ4n) is 2.19. The molecule has 1 aromatic heterocycles. The predicted molar refractivity (Wildman–Crippen MR) is 76.1 cm³/mol. The highest BCUT2D eigenvalue weighted by atomic mass is 16.5. The molecule has 0 bridgehead atoms. The summed E-state index contributed by atoms with van der Waals surface area (Å²) in [5, 5.41) is 3.29. The molecule has 0 amide bonds. The average Bonchev–Trinajstić information content (AvgIpc) is 2.89. The third-order valence-corrected chi connectivity index (χ3v) is 3.26. The summed E-state index contributed by atoms with van der Waals surface area (Å²) in [5.74, 6) is 1.77. The van der Waals surface area contributed by atoms with Crippen LogP contribution in [0.1, 0.15) is 35.6 Å². The molecular weight excluding hydrogens is 238 g/mol. The quantitative estimate of drug-likeness (QED) is 0.864. The van der Waals surface area contributed by atoms with Gasteiger partial charge in [0.2, 0.25) is 0 Å². The van der Waals surface area contributed by atoms with Gasteiger partial charge >= 0.3 is 0 Å². The Balaban J connectivity index is 2.21. The van der Waals surface area contributed by atoms with Crippen LogP contribution in [-0.4, -0.2) is 14.2 Å². The van der Waals surface area contributed by atoms with Crippen LogP contribution in [0.4, 0.5) is 0 Å². The summed E-state index contributed by atoms with van der Waals surface area (Å²) < 4.78 is 10.9. The minimum absolute atomic E-state index is 0.0801. The zero-order valence-electron chi connectivity index (χ0n) is 11.8. The molecule has 1 N–H and O–H groups in total. The molecule has 0 spiro atoms. The fourth-order valence-corrected chi connectivity index (χ4v) is 2.19. The van der Waals surface area contributed by atoms with Gasteiger partial charge in [0, 0.05) is 7.11 Å². The van der Waals surface area contributed by atoms with Gasteiger partial charge in [0.05, 0.1) is 6.04 Å². The van der Waals surface area contributed by atoms with Gasteiger partial charge in [-0.1, -0.05) is 31.2 Å². The van der Waals surface area contributed by atoms with Gasteiger partial charge in [-0.25, -0.2) is 0 Å². The molecule has 0 aliphatic rings. The normalized spacial score (nSPS) is 12.6. The molecule has 0 fully saturated rings. The highest BCUT2D eigenvalue weighted by Gasteiger charge is 2.15. The summed E-state index contributed by atoms with van der Waals surface area (Å²) in [6, 6.07) is 12.7. The van der Waals surface area contributed by atoms with E-state index in [0.29, 0.717) is 6.61 Å². The second-order valence-corrected chi connectivity index (χ2v) is 4.55. The maximum Gasteiger partial charge on any atom is 0.129 e. The monoisotopic (exact) mass is 259 g/mol. The van der Waals surface area contributed by atoms with E-state index in [0.717, 1.165) is 17.9 Å². The average molecular weight is 259 g/mol. The Kier molecular flexibility index (Phi) is 4.77. The lowest BCUT2D eigenvalue weighted by Crippen LogP contribution is -2.16. The molecule has 3 heteroatoms. The van der Waals surface area contributed by atoms with Crippen LogP contribution in [0, 0.1) is 0 Å². The molecule has 0 radical (unpaired) electrons. The van der Waals surface area contributed by atoms with E-state index >= 15 is 0 Å². The van der Waals surface area contributed by atoms with Crippen molar-refractivity contribution in [3.63, 3.8) is 0 Å². The lowest BCUT2D eigenvalue weighted by Gasteiger charge is -2.14. The predicted octanol–water partition coefficient (Wildman–Crippen LogP) is 3.30. The number of hydrogen-bond donors (Lipinski definition) is 1. The molecular formula is C16H21NO2. The molecule has 1 unspecified atom stereocenters. The van der Waals surface area contributed by atoms with E-state index in [1.165, 1.54) is 11.1 Å². The van der Waals surface area contributed by atoms with Gasteiger partial charge in [-0.05, 0) is 36.7 Å². The maximum atomic E-state index is 5.80. The van der Waals surface area contributed by atoms with Gasteiger partial charge in [0.1, 0.15) is 18.1 Å². The van der Waals surface area contributed by atoms with Crippen LogP contribution in [0.2, 0.25) is 0 Å². The molecule has 1 aromatic carbocycles. The molecule has 0 aliphatic heterocycles. The van der Waals surface area contributed by atoms with Gasteiger partial charge in [-0.3, -0.25) is 0 Å². The van der Waals surface area contributed by atoms with Crippen LogP contribution in [0.3, 0.4) is 0 Å². The highest BCUT2D eigenvalue weighted by molar-refractivity contribution is 5.30. The van der Waals surface area contributed by atoms with Crippen molar-refractivity contribution in [3.05, 3.63) is 59.0 Å². The largest absolute Gasteiger partial charge is 0.462 e. The SMILES string of the molecule is CCc1ccc(C(NC)c2ccc(COC)o2)cc1. The van der Waals surface area contributed by atoms with E-state index in [1.807, 2.05) is 19.2 Å². The first kappa shape index (κ1) is 13.8. The van der Waals surface area contributed by atoms with E-state index in [-0.39, 0.29) is 6.04 Å². The summed E-state index contributed by atoms with van der Waals surface area (Å²) in [4.78, 5) is 0. The summed E-state index contributed by atoms with van der Waals surface area (Å²) >= 11 is 0. The summed E-state index contributed by atoms with van der Waals surface area (Å²) in [6.07, 6.45) is 1.06. The first-order chi connectivity index (χ1) is 9.28. The van der Waals surface area contributed by atoms with Crippen molar-refractivity contribution in [1.82, 2.24) is 5.32 Å². The number of nitrogens with one attached hydrogen (secondary N) is 1. The number of rotatable bonds is 6. The van der Waals surface area contributed by atoms with Crippen LogP contribution in [0.25, 0.3) is 0 Å². The van der Waals surface area contributed by atoms with E-state index in [4.69, 9.17) is 9.15 Å². The van der Waals surface area contributed by atoms with Crippen molar-refractivity contribution in [1.29, 1.82) is 0 Å². The maximum absolute atomic E-state index is 5.80. The minimum atomic E-state index is 0.0801. The number of furan rings is 1. The Morgan fingerprint density at radius 1 is 1.16 bits per heavy atom. The molecule has 0 saturated heterocycles. The summed E-state index contributed by atoms with van der Waals surface area (Å²) in [5.41, 5.74) is 2.55. The van der Waals surface area contributed by atoms with Gasteiger partial charge < -0.3 is 14.5 Å². The molecule has 1 heterocycles. The zero-order chi connectivity index (χ0) is 13.7. The highest BCUT2D eigenvalue weighted by Crippen LogP contribution is 2.24. The molecule has 1 atom stereocenters. The molecule has 19 heavy (non-hydrogen) atoms. The van der Waals surface area contributed by atoms with Crippen molar-refractivity contribution in [3.8, 4) is 0 Å². The standard InChI is InChI=1S/C16H21NO2/c1-4-12-5-7-13(8-6-12)16(17-2)15-10-9-14(19-15)11-18-3/h5-10,16-17H,4,11H2,1-3H3. The van der Waals surface area contributed by atoms with E-state index in [2.05, 4.69) is 36.5 Å². The molecule has 102 valence electrons. The second-order valence-electron chi connectivity index (χ2n) is 4.55. The molecule has 0 saturated carbocycles.